The largest absolute Gasteiger partial charge is 0.381 e. The van der Waals surface area contributed by atoms with E-state index in [1.807, 2.05) is 0 Å². The Kier molecular flexibility index (Phi) is 10.0. The average molecular weight is 186 g/mol. The van der Waals surface area contributed by atoms with Gasteiger partial charge in [-0.05, 0) is 12.3 Å². The van der Waals surface area contributed by atoms with Crippen LogP contribution in [-0.4, -0.2) is 13.2 Å². The van der Waals surface area contributed by atoms with E-state index in [2.05, 4.69) is 20.8 Å². The number of ether oxygens (including phenoxy) is 1. The van der Waals surface area contributed by atoms with Crippen LogP contribution in [0.1, 0.15) is 59.3 Å². The Morgan fingerprint density at radius 3 is 2.15 bits per heavy atom. The van der Waals surface area contributed by atoms with E-state index in [4.69, 9.17) is 4.74 Å². The van der Waals surface area contributed by atoms with Crippen LogP contribution in [-0.2, 0) is 4.74 Å². The van der Waals surface area contributed by atoms with Crippen LogP contribution in [0.15, 0.2) is 0 Å². The number of hydrogen-bond acceptors (Lipinski definition) is 1. The number of rotatable bonds is 9. The second-order valence-electron chi connectivity index (χ2n) is 4.24. The van der Waals surface area contributed by atoms with E-state index in [1.165, 1.54) is 38.5 Å². The number of hydrogen-bond donors (Lipinski definition) is 0. The summed E-state index contributed by atoms with van der Waals surface area (Å²) in [6.45, 7) is 8.54. The Hall–Kier alpha value is -0.0400. The molecule has 0 saturated heterocycles. The molecular weight excluding hydrogens is 160 g/mol. The third-order valence-corrected chi connectivity index (χ3v) is 2.09. The molecule has 13 heavy (non-hydrogen) atoms. The summed E-state index contributed by atoms with van der Waals surface area (Å²) in [5.74, 6) is 0.681. The summed E-state index contributed by atoms with van der Waals surface area (Å²) >= 11 is 0. The van der Waals surface area contributed by atoms with E-state index >= 15 is 0 Å². The first-order valence-electron chi connectivity index (χ1n) is 5.85. The highest BCUT2D eigenvalue weighted by Crippen LogP contribution is 2.05. The average Bonchev–Trinajstić information content (AvgIpc) is 2.09. The second-order valence-corrected chi connectivity index (χ2v) is 4.24. The summed E-state index contributed by atoms with van der Waals surface area (Å²) in [6, 6.07) is 0. The van der Waals surface area contributed by atoms with Crippen LogP contribution in [0.5, 0.6) is 0 Å². The standard InChI is InChI=1S/C12H26O/c1-4-5-6-7-8-9-10-13-11-12(2)3/h12H,4-11H2,1-3H3. The van der Waals surface area contributed by atoms with Crippen molar-refractivity contribution in [3.05, 3.63) is 0 Å². The lowest BCUT2D eigenvalue weighted by atomic mass is 10.1. The zero-order valence-electron chi connectivity index (χ0n) is 9.64. The SMILES string of the molecule is CCCCCCCCOCC(C)C. The Morgan fingerprint density at radius 2 is 1.54 bits per heavy atom. The third kappa shape index (κ3) is 12.0. The van der Waals surface area contributed by atoms with Gasteiger partial charge in [0.2, 0.25) is 0 Å². The van der Waals surface area contributed by atoms with Crippen molar-refractivity contribution in [2.45, 2.75) is 59.3 Å². The predicted octanol–water partition coefficient (Wildman–Crippen LogP) is 4.02. The Labute approximate surface area is 83.9 Å². The fourth-order valence-corrected chi connectivity index (χ4v) is 1.30. The molecule has 0 aromatic heterocycles. The van der Waals surface area contributed by atoms with Gasteiger partial charge in [0, 0.05) is 13.2 Å². The lowest BCUT2D eigenvalue weighted by molar-refractivity contribution is 0.106. The predicted molar refractivity (Wildman–Crippen MR) is 59.0 cm³/mol. The fraction of sp³-hybridized carbons (Fsp3) is 1.00. The summed E-state index contributed by atoms with van der Waals surface area (Å²) in [7, 11) is 0. The Morgan fingerprint density at radius 1 is 0.923 bits per heavy atom. The molecule has 0 unspecified atom stereocenters. The normalized spacial score (nSPS) is 11.1. The highest BCUT2D eigenvalue weighted by molar-refractivity contribution is 4.44. The van der Waals surface area contributed by atoms with Gasteiger partial charge in [0.25, 0.3) is 0 Å². The minimum Gasteiger partial charge on any atom is -0.381 e. The van der Waals surface area contributed by atoms with Crippen LogP contribution in [0.2, 0.25) is 0 Å². The van der Waals surface area contributed by atoms with Crippen LogP contribution in [0.25, 0.3) is 0 Å². The van der Waals surface area contributed by atoms with Crippen LogP contribution >= 0.6 is 0 Å². The molecule has 0 aromatic rings. The van der Waals surface area contributed by atoms with Crippen molar-refractivity contribution in [1.29, 1.82) is 0 Å². The molecule has 0 N–H and O–H groups in total. The first kappa shape index (κ1) is 13.0. The molecule has 0 rings (SSSR count). The quantitative estimate of drug-likeness (QED) is 0.494. The van der Waals surface area contributed by atoms with Gasteiger partial charge in [0.05, 0.1) is 0 Å². The molecule has 0 radical (unpaired) electrons. The Balaban J connectivity index is 2.84. The molecular formula is C12H26O. The van der Waals surface area contributed by atoms with Gasteiger partial charge in [-0.25, -0.2) is 0 Å². The van der Waals surface area contributed by atoms with Crippen molar-refractivity contribution in [3.8, 4) is 0 Å². The lowest BCUT2D eigenvalue weighted by Crippen LogP contribution is -2.02. The topological polar surface area (TPSA) is 9.23 Å². The van der Waals surface area contributed by atoms with Crippen LogP contribution in [0, 0.1) is 5.92 Å². The van der Waals surface area contributed by atoms with E-state index in [0.29, 0.717) is 5.92 Å². The summed E-state index contributed by atoms with van der Waals surface area (Å²) in [4.78, 5) is 0. The smallest absolute Gasteiger partial charge is 0.0488 e. The molecule has 0 atom stereocenters. The summed E-state index contributed by atoms with van der Waals surface area (Å²) in [5, 5.41) is 0. The van der Waals surface area contributed by atoms with Gasteiger partial charge in [-0.2, -0.15) is 0 Å². The molecule has 0 fully saturated rings. The minimum atomic E-state index is 0.681. The van der Waals surface area contributed by atoms with Crippen LogP contribution in [0.3, 0.4) is 0 Å². The van der Waals surface area contributed by atoms with Gasteiger partial charge >= 0.3 is 0 Å². The summed E-state index contributed by atoms with van der Waals surface area (Å²) < 4.78 is 5.50. The molecule has 0 heterocycles. The van der Waals surface area contributed by atoms with Crippen molar-refractivity contribution >= 4 is 0 Å². The maximum atomic E-state index is 5.50. The number of unbranched alkanes of at least 4 members (excludes halogenated alkanes) is 5. The van der Waals surface area contributed by atoms with Gasteiger partial charge in [-0.15, -0.1) is 0 Å². The first-order valence-corrected chi connectivity index (χ1v) is 5.85. The van der Waals surface area contributed by atoms with Gasteiger partial charge in [0.1, 0.15) is 0 Å². The summed E-state index contributed by atoms with van der Waals surface area (Å²) in [6.07, 6.45) is 8.12. The molecule has 0 saturated carbocycles. The Bertz CT molecular complexity index is 89.1. The maximum absolute atomic E-state index is 5.50. The monoisotopic (exact) mass is 186 g/mol. The van der Waals surface area contributed by atoms with E-state index in [-0.39, 0.29) is 0 Å². The zero-order valence-corrected chi connectivity index (χ0v) is 9.64. The molecule has 0 amide bonds. The second kappa shape index (κ2) is 10.0. The van der Waals surface area contributed by atoms with Gasteiger partial charge in [-0.3, -0.25) is 0 Å². The highest BCUT2D eigenvalue weighted by Gasteiger charge is 1.93. The van der Waals surface area contributed by atoms with Gasteiger partial charge < -0.3 is 4.74 Å². The van der Waals surface area contributed by atoms with Crippen molar-refractivity contribution in [2.75, 3.05) is 13.2 Å². The molecule has 0 aliphatic heterocycles. The lowest BCUT2D eigenvalue weighted by Gasteiger charge is -2.06. The first-order chi connectivity index (χ1) is 6.27. The minimum absolute atomic E-state index is 0.681. The zero-order chi connectivity index (χ0) is 9.94. The molecule has 0 spiro atoms. The molecule has 1 heteroatoms. The summed E-state index contributed by atoms with van der Waals surface area (Å²) in [5.41, 5.74) is 0. The van der Waals surface area contributed by atoms with Gasteiger partial charge in [0.15, 0.2) is 0 Å². The van der Waals surface area contributed by atoms with Crippen molar-refractivity contribution in [1.82, 2.24) is 0 Å². The van der Waals surface area contributed by atoms with Crippen LogP contribution in [0.4, 0.5) is 0 Å². The van der Waals surface area contributed by atoms with E-state index in [9.17, 15) is 0 Å². The van der Waals surface area contributed by atoms with E-state index in [0.717, 1.165) is 13.2 Å². The molecule has 80 valence electrons. The highest BCUT2D eigenvalue weighted by atomic mass is 16.5. The van der Waals surface area contributed by atoms with Crippen LogP contribution < -0.4 is 0 Å². The van der Waals surface area contributed by atoms with E-state index in [1.54, 1.807) is 0 Å². The maximum Gasteiger partial charge on any atom is 0.0488 e. The molecule has 0 aliphatic rings. The van der Waals surface area contributed by atoms with E-state index < -0.39 is 0 Å². The third-order valence-electron chi connectivity index (χ3n) is 2.09. The molecule has 0 bridgehead atoms. The molecule has 0 aromatic carbocycles. The van der Waals surface area contributed by atoms with Crippen molar-refractivity contribution in [2.24, 2.45) is 5.92 Å². The van der Waals surface area contributed by atoms with Gasteiger partial charge in [-0.1, -0.05) is 52.9 Å². The fourth-order valence-electron chi connectivity index (χ4n) is 1.30. The molecule has 0 aliphatic carbocycles. The van der Waals surface area contributed by atoms with Crippen molar-refractivity contribution in [3.63, 3.8) is 0 Å². The van der Waals surface area contributed by atoms with Crippen molar-refractivity contribution < 1.29 is 4.74 Å². The molecule has 1 nitrogen and oxygen atoms in total.